The van der Waals surface area contributed by atoms with Crippen LogP contribution in [0, 0.1) is 18.8 Å². The maximum atomic E-state index is 12.4. The van der Waals surface area contributed by atoms with Crippen molar-refractivity contribution in [3.8, 4) is 11.5 Å². The van der Waals surface area contributed by atoms with Crippen LogP contribution in [0.25, 0.3) is 0 Å². The zero-order valence-electron chi connectivity index (χ0n) is 15.3. The minimum absolute atomic E-state index is 0.159. The first-order chi connectivity index (χ1) is 12.9. The number of ether oxygens (including phenoxy) is 2. The van der Waals surface area contributed by atoms with Gasteiger partial charge in [-0.15, -0.1) is 0 Å². The molecule has 0 saturated heterocycles. The number of methoxy groups -OCH3 is 2. The Kier molecular flexibility index (Phi) is 5.56. The van der Waals surface area contributed by atoms with Crippen LogP contribution in [0.4, 0.5) is 11.4 Å². The smallest absolute Gasteiger partial charge is 0.228 e. The molecule has 6 nitrogen and oxygen atoms in total. The van der Waals surface area contributed by atoms with E-state index in [2.05, 4.69) is 10.6 Å². The first-order valence-corrected chi connectivity index (χ1v) is 8.90. The second kappa shape index (κ2) is 7.88. The van der Waals surface area contributed by atoms with Crippen molar-refractivity contribution in [2.45, 2.75) is 13.3 Å². The number of amides is 2. The van der Waals surface area contributed by atoms with Gasteiger partial charge in [-0.1, -0.05) is 11.6 Å². The fraction of sp³-hybridized carbons (Fsp3) is 0.300. The van der Waals surface area contributed by atoms with E-state index in [1.165, 1.54) is 7.11 Å². The Morgan fingerprint density at radius 3 is 2.26 bits per heavy atom. The summed E-state index contributed by atoms with van der Waals surface area (Å²) in [7, 11) is 3.08. The second-order valence-corrected chi connectivity index (χ2v) is 6.89. The van der Waals surface area contributed by atoms with Gasteiger partial charge in [0.05, 0.1) is 26.1 Å². The first kappa shape index (κ1) is 19.0. The van der Waals surface area contributed by atoms with Crippen LogP contribution in [-0.4, -0.2) is 26.0 Å². The predicted molar refractivity (Wildman–Crippen MR) is 105 cm³/mol. The molecule has 2 atom stereocenters. The van der Waals surface area contributed by atoms with Gasteiger partial charge in [-0.2, -0.15) is 0 Å². The van der Waals surface area contributed by atoms with Gasteiger partial charge in [0, 0.05) is 22.5 Å². The molecule has 2 unspecified atom stereocenters. The predicted octanol–water partition coefficient (Wildman–Crippen LogP) is 3.88. The van der Waals surface area contributed by atoms with Crippen molar-refractivity contribution in [1.82, 2.24) is 0 Å². The van der Waals surface area contributed by atoms with Gasteiger partial charge in [0.1, 0.15) is 0 Å². The van der Waals surface area contributed by atoms with Gasteiger partial charge >= 0.3 is 0 Å². The van der Waals surface area contributed by atoms with Gasteiger partial charge in [-0.25, -0.2) is 0 Å². The van der Waals surface area contributed by atoms with E-state index in [1.54, 1.807) is 43.5 Å². The highest BCUT2D eigenvalue weighted by Gasteiger charge is 2.48. The number of hydrogen-bond donors (Lipinski definition) is 2. The monoisotopic (exact) mass is 388 g/mol. The fourth-order valence-corrected chi connectivity index (χ4v) is 3.14. The van der Waals surface area contributed by atoms with Crippen molar-refractivity contribution in [3.63, 3.8) is 0 Å². The van der Waals surface area contributed by atoms with E-state index in [0.717, 1.165) is 5.56 Å². The molecule has 0 aromatic heterocycles. The van der Waals surface area contributed by atoms with Crippen molar-refractivity contribution < 1.29 is 19.1 Å². The third-order valence-corrected chi connectivity index (χ3v) is 4.80. The molecule has 2 aromatic rings. The lowest BCUT2D eigenvalue weighted by Gasteiger charge is -2.11. The SMILES string of the molecule is COc1ccc(NC(=O)C2CC2C(=O)Nc2ccc(Cl)cc2C)cc1OC. The van der Waals surface area contributed by atoms with Crippen LogP contribution in [0.1, 0.15) is 12.0 Å². The number of hydrogen-bond acceptors (Lipinski definition) is 4. The second-order valence-electron chi connectivity index (χ2n) is 6.46. The number of halogens is 1. The maximum absolute atomic E-state index is 12.4. The summed E-state index contributed by atoms with van der Waals surface area (Å²) in [6.45, 7) is 1.87. The molecule has 2 amide bonds. The third kappa shape index (κ3) is 4.34. The summed E-state index contributed by atoms with van der Waals surface area (Å²) >= 11 is 5.93. The normalized spacial score (nSPS) is 17.8. The van der Waals surface area contributed by atoms with E-state index in [4.69, 9.17) is 21.1 Å². The maximum Gasteiger partial charge on any atom is 0.228 e. The van der Waals surface area contributed by atoms with E-state index in [1.807, 2.05) is 6.92 Å². The Balaban J connectivity index is 1.59. The summed E-state index contributed by atoms with van der Waals surface area (Å²) in [5.74, 6) is 0.0881. The molecule has 1 saturated carbocycles. The minimum atomic E-state index is -0.342. The van der Waals surface area contributed by atoms with Crippen molar-refractivity contribution in [1.29, 1.82) is 0 Å². The number of benzene rings is 2. The van der Waals surface area contributed by atoms with E-state index in [-0.39, 0.29) is 23.7 Å². The average molecular weight is 389 g/mol. The third-order valence-electron chi connectivity index (χ3n) is 4.56. The molecule has 2 aromatic carbocycles. The molecule has 0 heterocycles. The Bertz CT molecular complexity index is 884. The Morgan fingerprint density at radius 2 is 1.63 bits per heavy atom. The summed E-state index contributed by atoms with van der Waals surface area (Å²) in [5, 5.41) is 6.31. The molecule has 1 aliphatic rings. The fourth-order valence-electron chi connectivity index (χ4n) is 2.92. The topological polar surface area (TPSA) is 76.7 Å². The Labute approximate surface area is 162 Å². The summed E-state index contributed by atoms with van der Waals surface area (Å²) in [6, 6.07) is 10.4. The van der Waals surface area contributed by atoms with E-state index in [9.17, 15) is 9.59 Å². The van der Waals surface area contributed by atoms with Crippen molar-refractivity contribution >= 4 is 34.8 Å². The molecule has 0 spiro atoms. The lowest BCUT2D eigenvalue weighted by molar-refractivity contribution is -0.122. The van der Waals surface area contributed by atoms with Crippen LogP contribution in [-0.2, 0) is 9.59 Å². The molecule has 1 fully saturated rings. The lowest BCUT2D eigenvalue weighted by atomic mass is 10.2. The molecular weight excluding hydrogens is 368 g/mol. The van der Waals surface area contributed by atoms with E-state index >= 15 is 0 Å². The summed E-state index contributed by atoms with van der Waals surface area (Å²) < 4.78 is 10.4. The molecule has 0 bridgehead atoms. The molecule has 27 heavy (non-hydrogen) atoms. The van der Waals surface area contributed by atoms with Gasteiger partial charge in [-0.3, -0.25) is 9.59 Å². The molecule has 7 heteroatoms. The highest BCUT2D eigenvalue weighted by atomic mass is 35.5. The Hall–Kier alpha value is -2.73. The molecule has 3 rings (SSSR count). The molecular formula is C20H21ClN2O4. The van der Waals surface area contributed by atoms with Gasteiger partial charge in [0.25, 0.3) is 0 Å². The lowest BCUT2D eigenvalue weighted by Crippen LogP contribution is -2.21. The number of carbonyl (C=O) groups excluding carboxylic acids is 2. The van der Waals surface area contributed by atoms with Crippen LogP contribution in [0.3, 0.4) is 0 Å². The van der Waals surface area contributed by atoms with E-state index < -0.39 is 0 Å². The van der Waals surface area contributed by atoms with Crippen molar-refractivity contribution in [2.75, 3.05) is 24.9 Å². The van der Waals surface area contributed by atoms with Gasteiger partial charge in [0.2, 0.25) is 11.8 Å². The quantitative estimate of drug-likeness (QED) is 0.787. The zero-order chi connectivity index (χ0) is 19.6. The van der Waals surface area contributed by atoms with Gasteiger partial charge < -0.3 is 20.1 Å². The molecule has 0 aliphatic heterocycles. The molecule has 2 N–H and O–H groups in total. The molecule has 1 aliphatic carbocycles. The number of carbonyl (C=O) groups is 2. The summed E-state index contributed by atoms with van der Waals surface area (Å²) in [5.41, 5.74) is 2.18. The zero-order valence-corrected chi connectivity index (χ0v) is 16.1. The van der Waals surface area contributed by atoms with Gasteiger partial charge in [0.15, 0.2) is 11.5 Å². The Morgan fingerprint density at radius 1 is 0.963 bits per heavy atom. The number of aryl methyl sites for hydroxylation is 1. The molecule has 142 valence electrons. The summed E-state index contributed by atoms with van der Waals surface area (Å²) in [4.78, 5) is 24.8. The van der Waals surface area contributed by atoms with Crippen LogP contribution >= 0.6 is 11.6 Å². The average Bonchev–Trinajstić information content (AvgIpc) is 3.45. The number of nitrogens with one attached hydrogen (secondary N) is 2. The highest BCUT2D eigenvalue weighted by molar-refractivity contribution is 6.30. The standard InChI is InChI=1S/C20H21ClN2O4/c1-11-8-12(21)4-6-16(11)23-20(25)15-10-14(15)19(24)22-13-5-7-17(26-2)18(9-13)27-3/h4-9,14-15H,10H2,1-3H3,(H,22,24)(H,23,25). The molecule has 0 radical (unpaired) electrons. The number of rotatable bonds is 6. The van der Waals surface area contributed by atoms with Crippen LogP contribution < -0.4 is 20.1 Å². The summed E-state index contributed by atoms with van der Waals surface area (Å²) in [6.07, 6.45) is 0.525. The minimum Gasteiger partial charge on any atom is -0.493 e. The van der Waals surface area contributed by atoms with E-state index in [0.29, 0.717) is 34.3 Å². The number of anilines is 2. The van der Waals surface area contributed by atoms with Crippen molar-refractivity contribution in [2.24, 2.45) is 11.8 Å². The van der Waals surface area contributed by atoms with Crippen LogP contribution in [0.2, 0.25) is 5.02 Å². The highest BCUT2D eigenvalue weighted by Crippen LogP contribution is 2.41. The largest absolute Gasteiger partial charge is 0.493 e. The van der Waals surface area contributed by atoms with Gasteiger partial charge in [-0.05, 0) is 49.2 Å². The van der Waals surface area contributed by atoms with Crippen LogP contribution in [0.5, 0.6) is 11.5 Å². The first-order valence-electron chi connectivity index (χ1n) is 8.53. The van der Waals surface area contributed by atoms with Crippen LogP contribution in [0.15, 0.2) is 36.4 Å². The van der Waals surface area contributed by atoms with Crippen molar-refractivity contribution in [3.05, 3.63) is 47.0 Å².